The van der Waals surface area contributed by atoms with Crippen LogP contribution in [-0.4, -0.2) is 49.6 Å². The maximum atomic E-state index is 12.5. The molecule has 2 amide bonds. The number of morpholine rings is 1. The number of H-pyrrole nitrogens is 1. The number of amides is 2. The number of rotatable bonds is 6. The van der Waals surface area contributed by atoms with Gasteiger partial charge in [0.15, 0.2) is 0 Å². The van der Waals surface area contributed by atoms with Crippen LogP contribution in [0.1, 0.15) is 15.9 Å². The number of nitrogens with one attached hydrogen (secondary N) is 3. The zero-order valence-corrected chi connectivity index (χ0v) is 17.0. The van der Waals surface area contributed by atoms with Crippen LogP contribution < -0.4 is 21.0 Å². The molecule has 0 saturated carbocycles. The number of carbonyl (C=O) groups is 2. The monoisotopic (exact) mass is 420 g/mol. The Kier molecular flexibility index (Phi) is 6.28. The molecule has 0 spiro atoms. The van der Waals surface area contributed by atoms with Crippen LogP contribution in [0.5, 0.6) is 0 Å². The molecule has 1 aromatic heterocycles. The van der Waals surface area contributed by atoms with Crippen LogP contribution in [0.4, 0.5) is 5.69 Å². The second-order valence-corrected chi connectivity index (χ2v) is 7.30. The Bertz CT molecular complexity index is 1130. The lowest BCUT2D eigenvalue weighted by molar-refractivity contribution is -0.120. The lowest BCUT2D eigenvalue weighted by Gasteiger charge is -2.28. The first kappa shape index (κ1) is 20.6. The number of hydrogen-bond donors (Lipinski definition) is 3. The fourth-order valence-electron chi connectivity index (χ4n) is 3.50. The molecule has 3 N–H and O–H groups in total. The molecule has 0 aliphatic carbocycles. The summed E-state index contributed by atoms with van der Waals surface area (Å²) in [5.41, 5.74) is 2.35. The number of ether oxygens (including phenoxy) is 1. The molecule has 160 valence electrons. The largest absolute Gasteiger partial charge is 0.378 e. The van der Waals surface area contributed by atoms with E-state index in [4.69, 9.17) is 4.74 Å². The Morgan fingerprint density at radius 1 is 1.00 bits per heavy atom. The van der Waals surface area contributed by atoms with Gasteiger partial charge in [0, 0.05) is 42.4 Å². The number of benzene rings is 2. The molecule has 0 radical (unpaired) electrons. The lowest BCUT2D eigenvalue weighted by Crippen LogP contribution is -2.38. The van der Waals surface area contributed by atoms with Gasteiger partial charge in [-0.3, -0.25) is 14.4 Å². The van der Waals surface area contributed by atoms with E-state index in [1.807, 2.05) is 24.3 Å². The number of aromatic amines is 1. The van der Waals surface area contributed by atoms with Gasteiger partial charge in [-0.25, -0.2) is 0 Å². The molecule has 4 rings (SSSR count). The van der Waals surface area contributed by atoms with Crippen molar-refractivity contribution in [1.82, 2.24) is 15.6 Å². The van der Waals surface area contributed by atoms with E-state index in [0.717, 1.165) is 37.6 Å². The van der Waals surface area contributed by atoms with Gasteiger partial charge in [-0.05, 0) is 29.8 Å². The van der Waals surface area contributed by atoms with Gasteiger partial charge >= 0.3 is 0 Å². The molecule has 8 nitrogen and oxygen atoms in total. The van der Waals surface area contributed by atoms with Crippen LogP contribution in [0.2, 0.25) is 0 Å². The molecule has 1 aliphatic rings. The van der Waals surface area contributed by atoms with Gasteiger partial charge in [-0.1, -0.05) is 24.3 Å². The summed E-state index contributed by atoms with van der Waals surface area (Å²) in [5.74, 6) is -0.917. The highest BCUT2D eigenvalue weighted by molar-refractivity contribution is 5.98. The van der Waals surface area contributed by atoms with Crippen molar-refractivity contribution >= 4 is 28.4 Å². The fourth-order valence-corrected chi connectivity index (χ4v) is 3.50. The van der Waals surface area contributed by atoms with Crippen LogP contribution in [-0.2, 0) is 16.1 Å². The Morgan fingerprint density at radius 3 is 2.52 bits per heavy atom. The third-order valence-corrected chi connectivity index (χ3v) is 5.24. The van der Waals surface area contributed by atoms with Crippen LogP contribution in [0, 0.1) is 0 Å². The van der Waals surface area contributed by atoms with Crippen LogP contribution >= 0.6 is 0 Å². The number of aromatic nitrogens is 1. The number of nitrogens with zero attached hydrogens (tertiary/aromatic N) is 1. The van der Waals surface area contributed by atoms with Gasteiger partial charge in [0.05, 0.1) is 19.8 Å². The molecule has 1 saturated heterocycles. The first-order valence-electron chi connectivity index (χ1n) is 10.2. The average Bonchev–Trinajstić information content (AvgIpc) is 2.82. The number of carbonyl (C=O) groups excluding carboxylic acids is 2. The third kappa shape index (κ3) is 4.92. The van der Waals surface area contributed by atoms with E-state index in [-0.39, 0.29) is 23.4 Å². The number of hydrogen-bond acceptors (Lipinski definition) is 5. The zero-order valence-electron chi connectivity index (χ0n) is 17.0. The standard InChI is InChI=1S/C23H24N4O4/c28-21(25-13-16-5-7-17(8-6-16)27-9-11-31-12-10-27)15-26-23(30)19-14-24-20-4-2-1-3-18(20)22(19)29/h1-8,14H,9-13,15H2,(H,24,29)(H,25,28)(H,26,30). The second kappa shape index (κ2) is 9.44. The van der Waals surface area contributed by atoms with E-state index >= 15 is 0 Å². The van der Waals surface area contributed by atoms with E-state index in [2.05, 4.69) is 20.5 Å². The predicted molar refractivity (Wildman–Crippen MR) is 118 cm³/mol. The maximum absolute atomic E-state index is 12.5. The Labute approximate surface area is 179 Å². The zero-order chi connectivity index (χ0) is 21.6. The quantitative estimate of drug-likeness (QED) is 0.560. The van der Waals surface area contributed by atoms with E-state index in [1.54, 1.807) is 24.3 Å². The highest BCUT2D eigenvalue weighted by Gasteiger charge is 2.14. The average molecular weight is 420 g/mol. The number of para-hydroxylation sites is 1. The minimum atomic E-state index is -0.586. The molecule has 2 aromatic carbocycles. The molecule has 0 unspecified atom stereocenters. The molecule has 2 heterocycles. The Hall–Kier alpha value is -3.65. The predicted octanol–water partition coefficient (Wildman–Crippen LogP) is 1.41. The first-order valence-corrected chi connectivity index (χ1v) is 10.2. The lowest BCUT2D eigenvalue weighted by atomic mass is 10.1. The van der Waals surface area contributed by atoms with E-state index < -0.39 is 5.91 Å². The Balaban J connectivity index is 1.28. The molecule has 31 heavy (non-hydrogen) atoms. The van der Waals surface area contributed by atoms with Crippen LogP contribution in [0.25, 0.3) is 10.9 Å². The smallest absolute Gasteiger partial charge is 0.257 e. The van der Waals surface area contributed by atoms with Gasteiger partial charge in [0.25, 0.3) is 5.91 Å². The Morgan fingerprint density at radius 2 is 1.74 bits per heavy atom. The number of anilines is 1. The SMILES string of the molecule is O=C(CNC(=O)c1c[nH]c2ccccc2c1=O)NCc1ccc(N2CCOCC2)cc1. The number of fused-ring (bicyclic) bond motifs is 1. The summed E-state index contributed by atoms with van der Waals surface area (Å²) in [6, 6.07) is 15.0. The van der Waals surface area contributed by atoms with Gasteiger partial charge in [-0.2, -0.15) is 0 Å². The summed E-state index contributed by atoms with van der Waals surface area (Å²) in [4.78, 5) is 42.1. The summed E-state index contributed by atoms with van der Waals surface area (Å²) in [7, 11) is 0. The van der Waals surface area contributed by atoms with Gasteiger partial charge in [0.2, 0.25) is 11.3 Å². The van der Waals surface area contributed by atoms with Crippen LogP contribution in [0.15, 0.2) is 59.5 Å². The van der Waals surface area contributed by atoms with Crippen molar-refractivity contribution in [1.29, 1.82) is 0 Å². The fraction of sp³-hybridized carbons (Fsp3) is 0.261. The second-order valence-electron chi connectivity index (χ2n) is 7.30. The molecule has 1 fully saturated rings. The van der Waals surface area contributed by atoms with E-state index in [1.165, 1.54) is 6.20 Å². The van der Waals surface area contributed by atoms with Crippen molar-refractivity contribution in [2.75, 3.05) is 37.7 Å². The molecular formula is C23H24N4O4. The van der Waals surface area contributed by atoms with E-state index in [9.17, 15) is 14.4 Å². The van der Waals surface area contributed by atoms with Gasteiger partial charge < -0.3 is 25.3 Å². The van der Waals surface area contributed by atoms with Crippen molar-refractivity contribution in [3.05, 3.63) is 76.1 Å². The topological polar surface area (TPSA) is 104 Å². The number of pyridine rings is 1. The molecule has 0 bridgehead atoms. The summed E-state index contributed by atoms with van der Waals surface area (Å²) in [5, 5.41) is 5.71. The summed E-state index contributed by atoms with van der Waals surface area (Å²) < 4.78 is 5.37. The van der Waals surface area contributed by atoms with Crippen molar-refractivity contribution in [3.8, 4) is 0 Å². The third-order valence-electron chi connectivity index (χ3n) is 5.24. The van der Waals surface area contributed by atoms with Gasteiger partial charge in [0.1, 0.15) is 5.56 Å². The normalized spacial score (nSPS) is 13.7. The van der Waals surface area contributed by atoms with Crippen molar-refractivity contribution in [2.24, 2.45) is 0 Å². The van der Waals surface area contributed by atoms with Gasteiger partial charge in [-0.15, -0.1) is 0 Å². The minimum absolute atomic E-state index is 0.0230. The summed E-state index contributed by atoms with van der Waals surface area (Å²) >= 11 is 0. The highest BCUT2D eigenvalue weighted by Crippen LogP contribution is 2.16. The van der Waals surface area contributed by atoms with Crippen molar-refractivity contribution in [3.63, 3.8) is 0 Å². The molecule has 3 aromatic rings. The van der Waals surface area contributed by atoms with Crippen molar-refractivity contribution in [2.45, 2.75) is 6.54 Å². The maximum Gasteiger partial charge on any atom is 0.257 e. The molecule has 8 heteroatoms. The van der Waals surface area contributed by atoms with E-state index in [0.29, 0.717) is 17.4 Å². The minimum Gasteiger partial charge on any atom is -0.378 e. The van der Waals surface area contributed by atoms with Crippen molar-refractivity contribution < 1.29 is 14.3 Å². The van der Waals surface area contributed by atoms with Crippen LogP contribution in [0.3, 0.4) is 0 Å². The first-order chi connectivity index (χ1) is 15.1. The molecule has 1 aliphatic heterocycles. The highest BCUT2D eigenvalue weighted by atomic mass is 16.5. The molecular weight excluding hydrogens is 396 g/mol. The molecule has 0 atom stereocenters. The summed E-state index contributed by atoms with van der Waals surface area (Å²) in [6.07, 6.45) is 1.37. The summed E-state index contributed by atoms with van der Waals surface area (Å²) in [6.45, 7) is 3.35.